The van der Waals surface area contributed by atoms with Crippen LogP contribution in [0.4, 0.5) is 4.39 Å². The fourth-order valence-corrected chi connectivity index (χ4v) is 3.72. The van der Waals surface area contributed by atoms with Crippen molar-refractivity contribution in [3.05, 3.63) is 35.6 Å². The smallest absolute Gasteiger partial charge is 0.311 e. The summed E-state index contributed by atoms with van der Waals surface area (Å²) in [7, 11) is 0. The second kappa shape index (κ2) is 7.05. The van der Waals surface area contributed by atoms with E-state index in [4.69, 9.17) is 0 Å². The van der Waals surface area contributed by atoms with E-state index in [-0.39, 0.29) is 24.3 Å². The molecule has 0 aromatic heterocycles. The van der Waals surface area contributed by atoms with Crippen LogP contribution in [0.5, 0.6) is 0 Å². The highest BCUT2D eigenvalue weighted by Gasteiger charge is 2.44. The highest BCUT2D eigenvalue weighted by Crippen LogP contribution is 2.32. The van der Waals surface area contributed by atoms with Gasteiger partial charge in [0.05, 0.1) is 11.3 Å². The molecule has 0 radical (unpaired) electrons. The van der Waals surface area contributed by atoms with Gasteiger partial charge in [-0.15, -0.1) is 0 Å². The van der Waals surface area contributed by atoms with E-state index in [1.807, 2.05) is 0 Å². The summed E-state index contributed by atoms with van der Waals surface area (Å²) in [5.74, 6) is -1.89. The molecule has 1 aromatic carbocycles. The van der Waals surface area contributed by atoms with Crippen LogP contribution in [0.1, 0.15) is 36.5 Å². The topological polar surface area (TPSA) is 77.9 Å². The number of halogens is 1. The van der Waals surface area contributed by atoms with E-state index in [0.717, 1.165) is 0 Å². The number of hydrogen-bond acceptors (Lipinski definition) is 3. The van der Waals surface area contributed by atoms with E-state index in [0.29, 0.717) is 44.5 Å². The van der Waals surface area contributed by atoms with Crippen molar-refractivity contribution in [3.8, 4) is 0 Å². The molecule has 0 aliphatic carbocycles. The Morgan fingerprint density at radius 3 is 2.46 bits per heavy atom. The Balaban J connectivity index is 1.65. The molecule has 2 atom stereocenters. The monoisotopic (exact) mass is 362 g/mol. The summed E-state index contributed by atoms with van der Waals surface area (Å²) in [6.07, 6.45) is 1.85. The number of carboxylic acids is 1. The number of likely N-dealkylation sites (tertiary alicyclic amines) is 2. The van der Waals surface area contributed by atoms with E-state index in [1.54, 1.807) is 16.7 Å². The Kier molecular flexibility index (Phi) is 4.98. The number of hydrogen-bond donors (Lipinski definition) is 1. The molecule has 2 aliphatic rings. The number of carboxylic acid groups (broad SMARTS) is 1. The van der Waals surface area contributed by atoms with Crippen molar-refractivity contribution in [2.24, 2.45) is 11.3 Å². The molecule has 2 unspecified atom stereocenters. The third-order valence-electron chi connectivity index (χ3n) is 5.45. The number of nitrogens with zero attached hydrogens (tertiary/aromatic N) is 2. The van der Waals surface area contributed by atoms with Crippen LogP contribution in [0.3, 0.4) is 0 Å². The first-order valence-corrected chi connectivity index (χ1v) is 8.87. The van der Waals surface area contributed by atoms with Crippen molar-refractivity contribution in [3.63, 3.8) is 0 Å². The van der Waals surface area contributed by atoms with E-state index in [2.05, 4.69) is 0 Å². The molecule has 26 heavy (non-hydrogen) atoms. The van der Waals surface area contributed by atoms with Crippen LogP contribution in [0, 0.1) is 17.2 Å². The van der Waals surface area contributed by atoms with E-state index < -0.39 is 17.2 Å². The summed E-state index contributed by atoms with van der Waals surface area (Å²) >= 11 is 0. The van der Waals surface area contributed by atoms with Crippen LogP contribution in [0.2, 0.25) is 0 Å². The number of carbonyl (C=O) groups is 3. The minimum absolute atomic E-state index is 0.0772. The van der Waals surface area contributed by atoms with E-state index in [1.165, 1.54) is 24.3 Å². The Hall–Kier alpha value is -2.44. The molecule has 0 saturated carbocycles. The van der Waals surface area contributed by atoms with Gasteiger partial charge in [0.25, 0.3) is 5.91 Å². The Morgan fingerprint density at radius 2 is 1.85 bits per heavy atom. The number of rotatable bonds is 3. The van der Waals surface area contributed by atoms with Crippen LogP contribution in [0.15, 0.2) is 24.3 Å². The van der Waals surface area contributed by atoms with Crippen LogP contribution in [0.25, 0.3) is 0 Å². The molecule has 6 nitrogen and oxygen atoms in total. The van der Waals surface area contributed by atoms with Gasteiger partial charge < -0.3 is 14.9 Å². The van der Waals surface area contributed by atoms with Gasteiger partial charge >= 0.3 is 5.97 Å². The molecule has 1 N–H and O–H groups in total. The zero-order chi connectivity index (χ0) is 18.9. The molecule has 7 heteroatoms. The number of aliphatic carboxylic acids is 1. The third-order valence-corrected chi connectivity index (χ3v) is 5.45. The number of benzene rings is 1. The molecule has 1 aromatic rings. The summed E-state index contributed by atoms with van der Waals surface area (Å²) in [6.45, 7) is 3.18. The van der Waals surface area contributed by atoms with Gasteiger partial charge in [0, 0.05) is 31.7 Å². The second-order valence-electron chi connectivity index (χ2n) is 7.47. The first-order valence-electron chi connectivity index (χ1n) is 8.87. The average Bonchev–Trinajstić information content (AvgIpc) is 3.05. The van der Waals surface area contributed by atoms with Gasteiger partial charge in [-0.2, -0.15) is 0 Å². The van der Waals surface area contributed by atoms with E-state index in [9.17, 15) is 23.9 Å². The van der Waals surface area contributed by atoms with Crippen molar-refractivity contribution in [1.29, 1.82) is 0 Å². The summed E-state index contributed by atoms with van der Waals surface area (Å²) in [6, 6.07) is 5.39. The Labute approximate surface area is 151 Å². The van der Waals surface area contributed by atoms with Crippen molar-refractivity contribution in [2.45, 2.75) is 26.2 Å². The van der Waals surface area contributed by atoms with Gasteiger partial charge in [-0.25, -0.2) is 4.39 Å². The van der Waals surface area contributed by atoms with Gasteiger partial charge in [-0.1, -0.05) is 0 Å². The van der Waals surface area contributed by atoms with Crippen LogP contribution in [-0.4, -0.2) is 58.9 Å². The van der Waals surface area contributed by atoms with Crippen molar-refractivity contribution in [2.75, 3.05) is 26.2 Å². The van der Waals surface area contributed by atoms with Gasteiger partial charge in [0.2, 0.25) is 5.91 Å². The molecule has 140 valence electrons. The average molecular weight is 362 g/mol. The standard InChI is InChI=1S/C19H23FN2O4/c1-19(18(25)26)8-10-22(12-19)17(24)14-3-2-9-21(11-14)16(23)13-4-6-15(20)7-5-13/h4-7,14H,2-3,8-12H2,1H3,(H,25,26). The fraction of sp³-hybridized carbons (Fsp3) is 0.526. The normalized spacial score (nSPS) is 26.0. The number of amides is 2. The maximum atomic E-state index is 13.0. The summed E-state index contributed by atoms with van der Waals surface area (Å²) in [5.41, 5.74) is -0.493. The van der Waals surface area contributed by atoms with Crippen LogP contribution >= 0.6 is 0 Å². The summed E-state index contributed by atoms with van der Waals surface area (Å²) < 4.78 is 13.0. The quantitative estimate of drug-likeness (QED) is 0.892. The zero-order valence-corrected chi connectivity index (χ0v) is 14.8. The first-order chi connectivity index (χ1) is 12.3. The highest BCUT2D eigenvalue weighted by atomic mass is 19.1. The van der Waals surface area contributed by atoms with Gasteiger partial charge in [0.1, 0.15) is 5.82 Å². The molecule has 2 saturated heterocycles. The lowest BCUT2D eigenvalue weighted by molar-refractivity contribution is -0.147. The first kappa shape index (κ1) is 18.4. The molecule has 0 bridgehead atoms. The minimum Gasteiger partial charge on any atom is -0.481 e. The van der Waals surface area contributed by atoms with E-state index >= 15 is 0 Å². The molecule has 2 amide bonds. The van der Waals surface area contributed by atoms with Crippen molar-refractivity contribution < 1.29 is 23.9 Å². The molecule has 3 rings (SSSR count). The maximum absolute atomic E-state index is 13.0. The predicted molar refractivity (Wildman–Crippen MR) is 92.0 cm³/mol. The largest absolute Gasteiger partial charge is 0.481 e. The third kappa shape index (κ3) is 3.57. The lowest BCUT2D eigenvalue weighted by Crippen LogP contribution is -2.47. The molecular formula is C19H23FN2O4. The van der Waals surface area contributed by atoms with Gasteiger partial charge in [-0.05, 0) is 50.5 Å². The Bertz CT molecular complexity index is 721. The van der Waals surface area contributed by atoms with Crippen molar-refractivity contribution >= 4 is 17.8 Å². The highest BCUT2D eigenvalue weighted by molar-refractivity contribution is 5.94. The van der Waals surface area contributed by atoms with Crippen LogP contribution < -0.4 is 0 Å². The molecule has 2 aliphatic heterocycles. The number of carbonyl (C=O) groups excluding carboxylic acids is 2. The minimum atomic E-state index is -0.895. The predicted octanol–water partition coefficient (Wildman–Crippen LogP) is 2.00. The summed E-state index contributed by atoms with van der Waals surface area (Å²) in [4.78, 5) is 40.0. The number of piperidine rings is 1. The molecule has 2 heterocycles. The lowest BCUT2D eigenvalue weighted by Gasteiger charge is -2.34. The van der Waals surface area contributed by atoms with Crippen molar-refractivity contribution in [1.82, 2.24) is 9.80 Å². The Morgan fingerprint density at radius 1 is 1.15 bits per heavy atom. The van der Waals surface area contributed by atoms with Crippen LogP contribution in [-0.2, 0) is 9.59 Å². The van der Waals surface area contributed by atoms with Gasteiger partial charge in [0.15, 0.2) is 0 Å². The fourth-order valence-electron chi connectivity index (χ4n) is 3.72. The zero-order valence-electron chi connectivity index (χ0n) is 14.8. The SMILES string of the molecule is CC1(C(=O)O)CCN(C(=O)C2CCCN(C(=O)c3ccc(F)cc3)C2)C1. The molecule has 0 spiro atoms. The second-order valence-corrected chi connectivity index (χ2v) is 7.47. The summed E-state index contributed by atoms with van der Waals surface area (Å²) in [5, 5.41) is 9.33. The lowest BCUT2D eigenvalue weighted by atomic mass is 9.90. The molecule has 2 fully saturated rings. The maximum Gasteiger partial charge on any atom is 0.311 e. The van der Waals surface area contributed by atoms with Gasteiger partial charge in [-0.3, -0.25) is 14.4 Å². The molecular weight excluding hydrogens is 339 g/mol.